The lowest BCUT2D eigenvalue weighted by atomic mass is 10.0. The number of likely N-dealkylation sites (N-methyl/N-ethyl adjacent to an activating group) is 1. The first-order chi connectivity index (χ1) is 16.0. The molecule has 2 amide bonds. The Labute approximate surface area is 216 Å². The molecule has 0 atom stereocenters. The number of nitrogens with one attached hydrogen (secondary N) is 1. The summed E-state index contributed by atoms with van der Waals surface area (Å²) in [5, 5.41) is 3.05. The summed E-state index contributed by atoms with van der Waals surface area (Å²) in [4.78, 5) is 32.4. The third-order valence-corrected chi connectivity index (χ3v) is 6.56. The third-order valence-electron chi connectivity index (χ3n) is 6.56. The van der Waals surface area contributed by atoms with Gasteiger partial charge in [-0.2, -0.15) is 0 Å². The predicted molar refractivity (Wildman–Crippen MR) is 140 cm³/mol. The van der Waals surface area contributed by atoms with Crippen LogP contribution in [0, 0.1) is 0 Å². The average molecular weight is 504 g/mol. The summed E-state index contributed by atoms with van der Waals surface area (Å²) in [6.07, 6.45) is 2.19. The van der Waals surface area contributed by atoms with Crippen LogP contribution in [0.15, 0.2) is 42.5 Å². The lowest BCUT2D eigenvalue weighted by molar-refractivity contribution is -0.119. The zero-order chi connectivity index (χ0) is 23.8. The number of hydrogen-bond acceptors (Lipinski definition) is 4. The number of aryl methyl sites for hydroxylation is 2. The van der Waals surface area contributed by atoms with Crippen molar-refractivity contribution in [1.82, 2.24) is 9.80 Å². The number of rotatable bonds is 10. The van der Waals surface area contributed by atoms with Crippen molar-refractivity contribution in [3.63, 3.8) is 0 Å². The molecule has 2 aromatic carbocycles. The van der Waals surface area contributed by atoms with Gasteiger partial charge in [-0.15, -0.1) is 0 Å². The number of fused-ring (bicyclic) bond motifs is 2. The number of benzene rings is 2. The van der Waals surface area contributed by atoms with E-state index in [9.17, 15) is 9.59 Å². The molecule has 0 spiro atoms. The largest absolute Gasteiger partial charge is 1.00 e. The Morgan fingerprint density at radius 1 is 0.857 bits per heavy atom. The van der Waals surface area contributed by atoms with Crippen LogP contribution in [0.25, 0.3) is 0 Å². The van der Waals surface area contributed by atoms with Gasteiger partial charge in [-0.25, -0.2) is 0 Å². The van der Waals surface area contributed by atoms with E-state index in [-0.39, 0.29) is 29.7 Å². The van der Waals surface area contributed by atoms with Gasteiger partial charge in [0.15, 0.2) is 0 Å². The maximum atomic E-state index is 13.6. The van der Waals surface area contributed by atoms with Crippen LogP contribution in [0.1, 0.15) is 45.2 Å². The van der Waals surface area contributed by atoms with Crippen molar-refractivity contribution < 1.29 is 27.5 Å². The number of halogens is 1. The molecule has 194 valence electrons. The van der Waals surface area contributed by atoms with Crippen molar-refractivity contribution in [2.45, 2.75) is 47.0 Å². The van der Waals surface area contributed by atoms with E-state index in [0.29, 0.717) is 13.0 Å². The number of carbonyl (C=O) groups is 2. The van der Waals surface area contributed by atoms with Crippen LogP contribution in [0.4, 0.5) is 17.1 Å². The third kappa shape index (κ3) is 7.77. The van der Waals surface area contributed by atoms with Crippen LogP contribution >= 0.6 is 0 Å². The molecule has 0 fully saturated rings. The summed E-state index contributed by atoms with van der Waals surface area (Å²) in [6.45, 7) is 13.0. The summed E-state index contributed by atoms with van der Waals surface area (Å²) < 4.78 is 0. The van der Waals surface area contributed by atoms with Gasteiger partial charge in [-0.1, -0.05) is 52.0 Å². The van der Waals surface area contributed by atoms with Gasteiger partial charge >= 0.3 is 0 Å². The van der Waals surface area contributed by atoms with Crippen molar-refractivity contribution in [1.29, 1.82) is 0 Å². The second-order valence-corrected chi connectivity index (χ2v) is 8.49. The molecule has 0 aromatic heterocycles. The highest BCUT2D eigenvalue weighted by Gasteiger charge is 2.27. The summed E-state index contributed by atoms with van der Waals surface area (Å²) in [6, 6.07) is 14.1. The molecule has 0 saturated heterocycles. The Morgan fingerprint density at radius 2 is 1.46 bits per heavy atom. The Morgan fingerprint density at radius 3 is 2.09 bits per heavy atom. The topological polar surface area (TPSA) is 87.4 Å². The van der Waals surface area contributed by atoms with Crippen LogP contribution in [0.5, 0.6) is 0 Å². The van der Waals surface area contributed by atoms with E-state index in [1.54, 1.807) is 0 Å². The van der Waals surface area contributed by atoms with Gasteiger partial charge in [-0.05, 0) is 68.3 Å². The Balaban J connectivity index is 0.00000306. The van der Waals surface area contributed by atoms with Gasteiger partial charge in [0.25, 0.3) is 0 Å². The Bertz CT molecular complexity index is 961. The molecule has 3 rings (SSSR count). The molecule has 0 radical (unpaired) electrons. The number of anilines is 3. The van der Waals surface area contributed by atoms with E-state index in [2.05, 4.69) is 54.9 Å². The van der Waals surface area contributed by atoms with E-state index in [1.165, 1.54) is 5.56 Å². The fourth-order valence-electron chi connectivity index (χ4n) is 4.40. The monoisotopic (exact) mass is 503 g/mol. The minimum atomic E-state index is -0.00288. The SMILES string of the molecule is CCN(CC)CCC(=O)Nc1ccc2c(c1)N(C(=O)CN(CC)CC)c1ccccc1CC2.O.[Cl-]. The van der Waals surface area contributed by atoms with Gasteiger partial charge in [-0.3, -0.25) is 19.4 Å². The van der Waals surface area contributed by atoms with Crippen LogP contribution in [-0.2, 0) is 22.4 Å². The molecule has 2 aromatic rings. The first kappa shape index (κ1) is 30.6. The summed E-state index contributed by atoms with van der Waals surface area (Å²) in [7, 11) is 0. The molecule has 1 aliphatic rings. The fourth-order valence-corrected chi connectivity index (χ4v) is 4.40. The molecule has 0 bridgehead atoms. The molecule has 8 heteroatoms. The number of amides is 2. The van der Waals surface area contributed by atoms with Gasteiger partial charge in [0.1, 0.15) is 0 Å². The van der Waals surface area contributed by atoms with Crippen LogP contribution in [-0.4, -0.2) is 66.4 Å². The predicted octanol–water partition coefficient (Wildman–Crippen LogP) is 0.641. The highest BCUT2D eigenvalue weighted by Crippen LogP contribution is 2.37. The van der Waals surface area contributed by atoms with Crippen LogP contribution in [0.2, 0.25) is 0 Å². The summed E-state index contributed by atoms with van der Waals surface area (Å²) >= 11 is 0. The van der Waals surface area contributed by atoms with Crippen molar-refractivity contribution in [3.05, 3.63) is 53.6 Å². The average Bonchev–Trinajstić information content (AvgIpc) is 2.99. The van der Waals surface area contributed by atoms with Crippen molar-refractivity contribution in [2.75, 3.05) is 49.5 Å². The first-order valence-electron chi connectivity index (χ1n) is 12.3. The van der Waals surface area contributed by atoms with E-state index in [0.717, 1.165) is 68.2 Å². The van der Waals surface area contributed by atoms with Crippen molar-refractivity contribution >= 4 is 28.9 Å². The van der Waals surface area contributed by atoms with Gasteiger partial charge < -0.3 is 28.1 Å². The van der Waals surface area contributed by atoms with E-state index in [1.807, 2.05) is 35.2 Å². The molecule has 0 saturated carbocycles. The highest BCUT2D eigenvalue weighted by molar-refractivity contribution is 6.04. The maximum absolute atomic E-state index is 13.6. The zero-order valence-electron chi connectivity index (χ0n) is 21.4. The van der Waals surface area contributed by atoms with Gasteiger partial charge in [0.2, 0.25) is 11.8 Å². The van der Waals surface area contributed by atoms with Gasteiger partial charge in [0.05, 0.1) is 17.9 Å². The van der Waals surface area contributed by atoms with Crippen molar-refractivity contribution in [2.24, 2.45) is 0 Å². The Hall–Kier alpha value is -2.45. The normalized spacial score (nSPS) is 12.2. The maximum Gasteiger partial charge on any atom is 0.245 e. The standard InChI is InChI=1S/C27H38N4O2.ClH.H2O/c1-5-29(6-2)18-17-26(32)28-23-16-15-22-14-13-21-11-9-10-12-24(21)31(25(22)19-23)27(33)20-30(7-3)8-4;;/h9-12,15-16,19H,5-8,13-14,17-18,20H2,1-4H3,(H,28,32);1H;1H2/p-1. The van der Waals surface area contributed by atoms with E-state index in [4.69, 9.17) is 0 Å². The minimum absolute atomic E-state index is 0. The molecule has 0 unspecified atom stereocenters. The smallest absolute Gasteiger partial charge is 0.245 e. The van der Waals surface area contributed by atoms with E-state index >= 15 is 0 Å². The lowest BCUT2D eigenvalue weighted by Gasteiger charge is -2.28. The number of para-hydroxylation sites is 1. The summed E-state index contributed by atoms with van der Waals surface area (Å²) in [5.41, 5.74) is 4.85. The molecular weight excluding hydrogens is 464 g/mol. The number of nitrogens with zero attached hydrogens (tertiary/aromatic N) is 3. The summed E-state index contributed by atoms with van der Waals surface area (Å²) in [5.74, 6) is 0.0520. The van der Waals surface area contributed by atoms with E-state index < -0.39 is 0 Å². The molecule has 0 aliphatic carbocycles. The Kier molecular flexibility index (Phi) is 13.0. The molecular formula is C27H40ClN4O3-. The fraction of sp³-hybridized carbons (Fsp3) is 0.481. The minimum Gasteiger partial charge on any atom is -1.00 e. The molecule has 1 aliphatic heterocycles. The van der Waals surface area contributed by atoms with Crippen molar-refractivity contribution in [3.8, 4) is 0 Å². The van der Waals surface area contributed by atoms with Crippen LogP contribution < -0.4 is 22.6 Å². The second kappa shape index (κ2) is 14.8. The lowest BCUT2D eigenvalue weighted by Crippen LogP contribution is -3.00. The number of carbonyl (C=O) groups excluding carboxylic acids is 2. The zero-order valence-corrected chi connectivity index (χ0v) is 22.2. The quantitative estimate of drug-likeness (QED) is 0.515. The molecule has 3 N–H and O–H groups in total. The molecule has 7 nitrogen and oxygen atoms in total. The molecule has 1 heterocycles. The van der Waals surface area contributed by atoms with Gasteiger partial charge in [0, 0.05) is 18.7 Å². The highest BCUT2D eigenvalue weighted by atomic mass is 35.5. The second-order valence-electron chi connectivity index (χ2n) is 8.49. The molecule has 35 heavy (non-hydrogen) atoms. The first-order valence-corrected chi connectivity index (χ1v) is 12.3. The van der Waals surface area contributed by atoms with Crippen LogP contribution in [0.3, 0.4) is 0 Å². The number of hydrogen-bond donors (Lipinski definition) is 1.